The minimum Gasteiger partial charge on any atom is -0.497 e. The molecule has 3 rings (SSSR count). The third-order valence-electron chi connectivity index (χ3n) is 4.34. The van der Waals surface area contributed by atoms with E-state index in [1.165, 1.54) is 4.90 Å². The van der Waals surface area contributed by atoms with Crippen molar-refractivity contribution in [2.24, 2.45) is 0 Å². The van der Waals surface area contributed by atoms with Gasteiger partial charge in [0.2, 0.25) is 0 Å². The van der Waals surface area contributed by atoms with Gasteiger partial charge < -0.3 is 14.8 Å². The van der Waals surface area contributed by atoms with Crippen molar-refractivity contribution in [3.63, 3.8) is 0 Å². The Balaban J connectivity index is 1.66. The lowest BCUT2D eigenvalue weighted by Crippen LogP contribution is -2.41. The van der Waals surface area contributed by atoms with Crippen LogP contribution in [0.2, 0.25) is 5.02 Å². The van der Waals surface area contributed by atoms with E-state index in [0.717, 1.165) is 0 Å². The smallest absolute Gasteiger partial charge is 0.325 e. The van der Waals surface area contributed by atoms with Gasteiger partial charge >= 0.3 is 6.03 Å². The summed E-state index contributed by atoms with van der Waals surface area (Å²) in [6.07, 6.45) is 0. The number of carbonyl (C=O) groups excluding carboxylic acids is 2. The molecule has 1 atom stereocenters. The zero-order chi connectivity index (χ0) is 18.7. The van der Waals surface area contributed by atoms with E-state index in [1.54, 1.807) is 62.6 Å². The minimum absolute atomic E-state index is 0.152. The molecule has 0 bridgehead atoms. The van der Waals surface area contributed by atoms with Gasteiger partial charge in [-0.2, -0.15) is 0 Å². The van der Waals surface area contributed by atoms with Crippen LogP contribution < -0.4 is 14.8 Å². The molecule has 0 aliphatic carbocycles. The number of amides is 3. The SMILES string of the molecule is COc1ccc([C@@]2(C)NC(=O)N(CCOc3ccc(Cl)cc3)C2=O)cc1. The van der Waals surface area contributed by atoms with E-state index in [4.69, 9.17) is 21.1 Å². The van der Waals surface area contributed by atoms with Crippen LogP contribution in [0.5, 0.6) is 11.5 Å². The highest BCUT2D eigenvalue weighted by Gasteiger charge is 2.48. The summed E-state index contributed by atoms with van der Waals surface area (Å²) in [5.41, 5.74) is -0.415. The van der Waals surface area contributed by atoms with Crippen molar-refractivity contribution in [2.45, 2.75) is 12.5 Å². The first kappa shape index (κ1) is 18.1. The molecule has 1 saturated heterocycles. The number of methoxy groups -OCH3 is 1. The minimum atomic E-state index is -1.11. The van der Waals surface area contributed by atoms with Gasteiger partial charge in [0, 0.05) is 5.02 Å². The molecule has 6 nitrogen and oxygen atoms in total. The second kappa shape index (κ2) is 7.25. The first-order chi connectivity index (χ1) is 12.4. The normalized spacial score (nSPS) is 19.4. The molecular weight excluding hydrogens is 356 g/mol. The van der Waals surface area contributed by atoms with Crippen LogP contribution in [0.15, 0.2) is 48.5 Å². The predicted octanol–water partition coefficient (Wildman–Crippen LogP) is 3.19. The number of hydrogen-bond acceptors (Lipinski definition) is 4. The Morgan fingerprint density at radius 1 is 1.04 bits per heavy atom. The number of rotatable bonds is 6. The standard InChI is InChI=1S/C19H19ClN2O4/c1-19(13-3-7-15(25-2)8-4-13)17(23)22(18(24)21-19)11-12-26-16-9-5-14(20)6-10-16/h3-10H,11-12H2,1-2H3,(H,21,24)/t19-/m1/s1. The molecule has 0 saturated carbocycles. The third-order valence-corrected chi connectivity index (χ3v) is 4.59. The summed E-state index contributed by atoms with van der Waals surface area (Å²) in [5, 5.41) is 3.38. The molecule has 2 aromatic rings. The molecular formula is C19H19ClN2O4. The molecule has 1 aliphatic rings. The summed E-state index contributed by atoms with van der Waals surface area (Å²) >= 11 is 5.83. The average molecular weight is 375 g/mol. The van der Waals surface area contributed by atoms with E-state index >= 15 is 0 Å². The van der Waals surface area contributed by atoms with Gasteiger partial charge in [0.1, 0.15) is 23.6 Å². The fourth-order valence-corrected chi connectivity index (χ4v) is 2.93. The van der Waals surface area contributed by atoms with Gasteiger partial charge in [-0.05, 0) is 48.9 Å². The third kappa shape index (κ3) is 3.46. The molecule has 0 aromatic heterocycles. The predicted molar refractivity (Wildman–Crippen MR) is 97.5 cm³/mol. The van der Waals surface area contributed by atoms with Crippen molar-refractivity contribution in [2.75, 3.05) is 20.3 Å². The number of nitrogens with one attached hydrogen (secondary N) is 1. The van der Waals surface area contributed by atoms with E-state index in [1.807, 2.05) is 0 Å². The van der Waals surface area contributed by atoms with Crippen molar-refractivity contribution in [3.05, 3.63) is 59.1 Å². The maximum atomic E-state index is 12.8. The van der Waals surface area contributed by atoms with Gasteiger partial charge in [0.25, 0.3) is 5.91 Å². The first-order valence-corrected chi connectivity index (χ1v) is 8.49. The molecule has 26 heavy (non-hydrogen) atoms. The summed E-state index contributed by atoms with van der Waals surface area (Å²) in [4.78, 5) is 26.3. The fraction of sp³-hybridized carbons (Fsp3) is 0.263. The van der Waals surface area contributed by atoms with Crippen LogP contribution in [0.1, 0.15) is 12.5 Å². The van der Waals surface area contributed by atoms with Crippen molar-refractivity contribution in [3.8, 4) is 11.5 Å². The second-order valence-corrected chi connectivity index (χ2v) is 6.48. The maximum absolute atomic E-state index is 12.8. The van der Waals surface area contributed by atoms with Crippen LogP contribution in [-0.4, -0.2) is 37.1 Å². The lowest BCUT2D eigenvalue weighted by Gasteiger charge is -2.22. The monoisotopic (exact) mass is 374 g/mol. The van der Waals surface area contributed by atoms with Crippen LogP contribution in [-0.2, 0) is 10.3 Å². The van der Waals surface area contributed by atoms with Crippen molar-refractivity contribution in [1.82, 2.24) is 10.2 Å². The van der Waals surface area contributed by atoms with E-state index in [2.05, 4.69) is 5.32 Å². The van der Waals surface area contributed by atoms with E-state index in [0.29, 0.717) is 22.1 Å². The maximum Gasteiger partial charge on any atom is 0.325 e. The highest BCUT2D eigenvalue weighted by atomic mass is 35.5. The van der Waals surface area contributed by atoms with Crippen molar-refractivity contribution >= 4 is 23.5 Å². The van der Waals surface area contributed by atoms with Crippen LogP contribution in [0.3, 0.4) is 0 Å². The van der Waals surface area contributed by atoms with Gasteiger partial charge in [-0.3, -0.25) is 9.69 Å². The molecule has 1 N–H and O–H groups in total. The van der Waals surface area contributed by atoms with Crippen molar-refractivity contribution < 1.29 is 19.1 Å². The molecule has 3 amide bonds. The Morgan fingerprint density at radius 2 is 1.65 bits per heavy atom. The number of halogens is 1. The second-order valence-electron chi connectivity index (χ2n) is 6.04. The number of imide groups is 1. The molecule has 7 heteroatoms. The number of carbonyl (C=O) groups is 2. The zero-order valence-corrected chi connectivity index (χ0v) is 15.2. The topological polar surface area (TPSA) is 67.9 Å². The number of urea groups is 1. The highest BCUT2D eigenvalue weighted by Crippen LogP contribution is 2.30. The number of benzene rings is 2. The average Bonchev–Trinajstić information content (AvgIpc) is 2.87. The Labute approximate surface area is 156 Å². The molecule has 2 aromatic carbocycles. The highest BCUT2D eigenvalue weighted by molar-refractivity contribution is 6.30. The molecule has 136 valence electrons. The summed E-state index contributed by atoms with van der Waals surface area (Å²) in [5.74, 6) is 0.995. The fourth-order valence-electron chi connectivity index (χ4n) is 2.81. The number of ether oxygens (including phenoxy) is 2. The summed E-state index contributed by atoms with van der Waals surface area (Å²) in [6, 6.07) is 13.5. The Kier molecular flexibility index (Phi) is 5.04. The van der Waals surface area contributed by atoms with Crippen molar-refractivity contribution in [1.29, 1.82) is 0 Å². The van der Waals surface area contributed by atoms with Crippen LogP contribution in [0.4, 0.5) is 4.79 Å². The number of nitrogens with zero attached hydrogens (tertiary/aromatic N) is 1. The van der Waals surface area contributed by atoms with E-state index in [-0.39, 0.29) is 19.1 Å². The van der Waals surface area contributed by atoms with Gasteiger partial charge in [-0.25, -0.2) is 4.79 Å². The summed E-state index contributed by atoms with van der Waals surface area (Å²) in [7, 11) is 1.57. The molecule has 1 heterocycles. The molecule has 0 unspecified atom stereocenters. The summed E-state index contributed by atoms with van der Waals surface area (Å²) < 4.78 is 10.7. The zero-order valence-electron chi connectivity index (χ0n) is 14.5. The number of hydrogen-bond donors (Lipinski definition) is 1. The van der Waals surface area contributed by atoms with Gasteiger partial charge in [0.15, 0.2) is 0 Å². The van der Waals surface area contributed by atoms with Gasteiger partial charge in [-0.1, -0.05) is 23.7 Å². The molecule has 1 fully saturated rings. The Bertz CT molecular complexity index is 807. The molecule has 0 spiro atoms. The van der Waals surface area contributed by atoms with E-state index in [9.17, 15) is 9.59 Å². The van der Waals surface area contributed by atoms with Crippen LogP contribution in [0, 0.1) is 0 Å². The van der Waals surface area contributed by atoms with Crippen LogP contribution >= 0.6 is 11.6 Å². The van der Waals surface area contributed by atoms with Crippen LogP contribution in [0.25, 0.3) is 0 Å². The van der Waals surface area contributed by atoms with Gasteiger partial charge in [-0.15, -0.1) is 0 Å². The quantitative estimate of drug-likeness (QED) is 0.788. The molecule has 1 aliphatic heterocycles. The van der Waals surface area contributed by atoms with Gasteiger partial charge in [0.05, 0.1) is 13.7 Å². The van der Waals surface area contributed by atoms with E-state index < -0.39 is 11.6 Å². The largest absolute Gasteiger partial charge is 0.497 e. The lowest BCUT2D eigenvalue weighted by molar-refractivity contribution is -0.131. The summed E-state index contributed by atoms with van der Waals surface area (Å²) in [6.45, 7) is 2.04. The Morgan fingerprint density at radius 3 is 2.27 bits per heavy atom. The lowest BCUT2D eigenvalue weighted by atomic mass is 9.92. The first-order valence-electron chi connectivity index (χ1n) is 8.11. The Hall–Kier alpha value is -2.73. The molecule has 0 radical (unpaired) electrons.